The monoisotopic (exact) mass is 227 g/mol. The summed E-state index contributed by atoms with van der Waals surface area (Å²) >= 11 is 5.51. The summed E-state index contributed by atoms with van der Waals surface area (Å²) in [5.41, 5.74) is 8.73. The largest absolute Gasteiger partial charge is 0.495 e. The third-order valence-corrected chi connectivity index (χ3v) is 2.23. The fraction of sp³-hybridized carbons (Fsp3) is 0.273. The van der Waals surface area contributed by atoms with Crippen LogP contribution in [0.3, 0.4) is 0 Å². The Hall–Kier alpha value is -1.35. The van der Waals surface area contributed by atoms with E-state index in [1.807, 2.05) is 6.92 Å². The molecule has 0 aliphatic heterocycles. The van der Waals surface area contributed by atoms with Crippen LogP contribution in [0.15, 0.2) is 29.3 Å². The number of anilines is 1. The van der Waals surface area contributed by atoms with Gasteiger partial charge in [0.1, 0.15) is 18.1 Å². The van der Waals surface area contributed by atoms with Crippen molar-refractivity contribution in [3.8, 4) is 11.5 Å². The Morgan fingerprint density at radius 1 is 1.53 bits per heavy atom. The second-order valence-corrected chi connectivity index (χ2v) is 3.37. The molecule has 0 aromatic heterocycles. The van der Waals surface area contributed by atoms with Crippen molar-refractivity contribution in [1.29, 1.82) is 0 Å². The lowest BCUT2D eigenvalue weighted by Gasteiger charge is -2.09. The number of ether oxygens (including phenoxy) is 2. The fourth-order valence-corrected chi connectivity index (χ4v) is 1.09. The third-order valence-electron chi connectivity index (χ3n) is 1.85. The topological polar surface area (TPSA) is 44.5 Å². The fourth-order valence-electron chi connectivity index (χ4n) is 1.03. The highest BCUT2D eigenvalue weighted by molar-refractivity contribution is 6.25. The molecule has 0 radical (unpaired) electrons. The molecule has 4 heteroatoms. The van der Waals surface area contributed by atoms with Crippen molar-refractivity contribution in [3.05, 3.63) is 29.3 Å². The van der Waals surface area contributed by atoms with Gasteiger partial charge in [0.15, 0.2) is 0 Å². The van der Waals surface area contributed by atoms with Crippen molar-refractivity contribution in [2.75, 3.05) is 19.5 Å². The van der Waals surface area contributed by atoms with Crippen molar-refractivity contribution in [3.63, 3.8) is 0 Å². The Bertz CT molecular complexity index is 364. The molecule has 0 unspecified atom stereocenters. The van der Waals surface area contributed by atoms with Gasteiger partial charge in [-0.2, -0.15) is 0 Å². The van der Waals surface area contributed by atoms with E-state index >= 15 is 0 Å². The summed E-state index contributed by atoms with van der Waals surface area (Å²) < 4.78 is 10.5. The van der Waals surface area contributed by atoms with E-state index in [1.165, 1.54) is 5.54 Å². The maximum absolute atomic E-state index is 5.73. The van der Waals surface area contributed by atoms with E-state index in [4.69, 9.17) is 26.8 Å². The number of rotatable bonds is 4. The molecule has 0 aliphatic rings. The van der Waals surface area contributed by atoms with E-state index in [2.05, 4.69) is 0 Å². The zero-order valence-electron chi connectivity index (χ0n) is 8.79. The quantitative estimate of drug-likeness (QED) is 0.805. The lowest BCUT2D eigenvalue weighted by Crippen LogP contribution is -1.99. The average Bonchev–Trinajstić information content (AvgIpc) is 2.26. The van der Waals surface area contributed by atoms with E-state index < -0.39 is 0 Å². The van der Waals surface area contributed by atoms with Gasteiger partial charge >= 0.3 is 0 Å². The minimum absolute atomic E-state index is 0.454. The van der Waals surface area contributed by atoms with Crippen molar-refractivity contribution in [2.45, 2.75) is 6.92 Å². The van der Waals surface area contributed by atoms with Gasteiger partial charge in [0.25, 0.3) is 0 Å². The maximum Gasteiger partial charge on any atom is 0.142 e. The Labute approximate surface area is 94.4 Å². The minimum Gasteiger partial charge on any atom is -0.495 e. The predicted octanol–water partition coefficient (Wildman–Crippen LogP) is 2.80. The highest BCUT2D eigenvalue weighted by atomic mass is 35.5. The minimum atomic E-state index is 0.454. The number of nitrogen functional groups attached to an aromatic ring is 1. The number of methoxy groups -OCH3 is 1. The molecule has 0 heterocycles. The molecule has 0 fully saturated rings. The van der Waals surface area contributed by atoms with Gasteiger partial charge in [0.05, 0.1) is 12.8 Å². The van der Waals surface area contributed by atoms with Crippen LogP contribution in [0.25, 0.3) is 0 Å². The summed E-state index contributed by atoms with van der Waals surface area (Å²) in [7, 11) is 1.58. The molecular formula is C11H14ClNO2. The van der Waals surface area contributed by atoms with E-state index in [1.54, 1.807) is 25.3 Å². The Balaban J connectivity index is 2.67. The number of benzene rings is 1. The summed E-state index contributed by atoms with van der Waals surface area (Å²) in [5, 5.41) is 0. The molecule has 0 bridgehead atoms. The molecule has 82 valence electrons. The van der Waals surface area contributed by atoms with E-state index in [-0.39, 0.29) is 0 Å². The molecular weight excluding hydrogens is 214 g/mol. The Morgan fingerprint density at radius 2 is 2.27 bits per heavy atom. The van der Waals surface area contributed by atoms with E-state index in [0.29, 0.717) is 23.8 Å². The standard InChI is InChI=1S/C11H14ClNO2/c1-8(6-12)7-15-9-3-4-11(14-2)10(13)5-9/h3-6H,7,13H2,1-2H3/b8-6+. The van der Waals surface area contributed by atoms with Crippen LogP contribution in [0.5, 0.6) is 11.5 Å². The molecule has 0 spiro atoms. The van der Waals surface area contributed by atoms with Crippen LogP contribution in [-0.4, -0.2) is 13.7 Å². The smallest absolute Gasteiger partial charge is 0.142 e. The second-order valence-electron chi connectivity index (χ2n) is 3.15. The van der Waals surface area contributed by atoms with E-state index in [9.17, 15) is 0 Å². The third kappa shape index (κ3) is 3.36. The van der Waals surface area contributed by atoms with Crippen LogP contribution in [0.2, 0.25) is 0 Å². The highest BCUT2D eigenvalue weighted by Gasteiger charge is 2.01. The van der Waals surface area contributed by atoms with Crippen LogP contribution in [0, 0.1) is 0 Å². The summed E-state index contributed by atoms with van der Waals surface area (Å²) in [5.74, 6) is 1.35. The number of hydrogen-bond donors (Lipinski definition) is 1. The Morgan fingerprint density at radius 3 is 2.80 bits per heavy atom. The average molecular weight is 228 g/mol. The van der Waals surface area contributed by atoms with Crippen molar-refractivity contribution in [1.82, 2.24) is 0 Å². The Kier molecular flexibility index (Phi) is 4.31. The number of hydrogen-bond acceptors (Lipinski definition) is 3. The maximum atomic E-state index is 5.73. The second kappa shape index (κ2) is 5.51. The molecule has 0 aliphatic carbocycles. The molecule has 1 aromatic rings. The normalized spacial score (nSPS) is 11.3. The molecule has 0 saturated heterocycles. The van der Waals surface area contributed by atoms with Crippen LogP contribution in [0.4, 0.5) is 5.69 Å². The molecule has 15 heavy (non-hydrogen) atoms. The zero-order valence-corrected chi connectivity index (χ0v) is 9.54. The van der Waals surface area contributed by atoms with E-state index in [0.717, 1.165) is 5.57 Å². The number of nitrogens with two attached hydrogens (primary N) is 1. The number of halogens is 1. The highest BCUT2D eigenvalue weighted by Crippen LogP contribution is 2.26. The van der Waals surface area contributed by atoms with Gasteiger partial charge in [0, 0.05) is 11.6 Å². The first-order valence-corrected chi connectivity index (χ1v) is 4.93. The van der Waals surface area contributed by atoms with Gasteiger partial charge in [0.2, 0.25) is 0 Å². The van der Waals surface area contributed by atoms with Gasteiger partial charge < -0.3 is 15.2 Å². The SMILES string of the molecule is COc1ccc(OC/C(C)=C/Cl)cc1N. The molecule has 0 amide bonds. The van der Waals surface area contributed by atoms with Crippen molar-refractivity contribution in [2.24, 2.45) is 0 Å². The molecule has 0 atom stereocenters. The van der Waals surface area contributed by atoms with Crippen molar-refractivity contribution >= 4 is 17.3 Å². The lowest BCUT2D eigenvalue weighted by molar-refractivity contribution is 0.351. The zero-order chi connectivity index (χ0) is 11.3. The molecule has 2 N–H and O–H groups in total. The lowest BCUT2D eigenvalue weighted by atomic mass is 10.3. The van der Waals surface area contributed by atoms with Crippen LogP contribution in [0.1, 0.15) is 6.92 Å². The predicted molar refractivity (Wildman–Crippen MR) is 62.5 cm³/mol. The van der Waals surface area contributed by atoms with Crippen molar-refractivity contribution < 1.29 is 9.47 Å². The van der Waals surface area contributed by atoms with Gasteiger partial charge in [-0.25, -0.2) is 0 Å². The summed E-state index contributed by atoms with van der Waals surface area (Å²) in [6.45, 7) is 2.34. The van der Waals surface area contributed by atoms with Crippen LogP contribution < -0.4 is 15.2 Å². The molecule has 0 saturated carbocycles. The summed E-state index contributed by atoms with van der Waals surface area (Å²) in [4.78, 5) is 0. The summed E-state index contributed by atoms with van der Waals surface area (Å²) in [6.07, 6.45) is 0. The van der Waals surface area contributed by atoms with Gasteiger partial charge in [-0.05, 0) is 24.6 Å². The molecule has 1 rings (SSSR count). The van der Waals surface area contributed by atoms with Gasteiger partial charge in [-0.3, -0.25) is 0 Å². The van der Waals surface area contributed by atoms with Gasteiger partial charge in [-0.15, -0.1) is 0 Å². The first-order valence-electron chi connectivity index (χ1n) is 4.49. The molecule has 1 aromatic carbocycles. The molecule has 3 nitrogen and oxygen atoms in total. The summed E-state index contributed by atoms with van der Waals surface area (Å²) in [6, 6.07) is 5.29. The van der Waals surface area contributed by atoms with Gasteiger partial charge in [-0.1, -0.05) is 11.6 Å². The first-order chi connectivity index (χ1) is 7.17. The van der Waals surface area contributed by atoms with Crippen LogP contribution >= 0.6 is 11.6 Å². The first kappa shape index (κ1) is 11.7. The van der Waals surface area contributed by atoms with Crippen LogP contribution in [-0.2, 0) is 0 Å².